The molecule has 0 saturated carbocycles. The van der Waals surface area contributed by atoms with Crippen molar-refractivity contribution >= 4 is 11.8 Å². The Kier molecular flexibility index (Phi) is 6.07. The van der Waals surface area contributed by atoms with E-state index in [1.54, 1.807) is 0 Å². The quantitative estimate of drug-likeness (QED) is 0.459. The fourth-order valence-electron chi connectivity index (χ4n) is 1.30. The van der Waals surface area contributed by atoms with Crippen molar-refractivity contribution in [2.75, 3.05) is 5.75 Å². The second-order valence-corrected chi connectivity index (χ2v) is 5.15. The minimum atomic E-state index is 0.526. The molecule has 0 fully saturated rings. The van der Waals surface area contributed by atoms with Crippen LogP contribution in [0.3, 0.4) is 0 Å². The van der Waals surface area contributed by atoms with E-state index in [-0.39, 0.29) is 0 Å². The topological polar surface area (TPSA) is 12.0 Å². The van der Waals surface area contributed by atoms with E-state index in [0.717, 1.165) is 18.7 Å². The molecule has 0 unspecified atom stereocenters. The summed E-state index contributed by atoms with van der Waals surface area (Å²) in [6, 6.07) is 9.16. The van der Waals surface area contributed by atoms with Crippen molar-refractivity contribution < 1.29 is 0 Å². The molecule has 2 heteroatoms. The zero-order valence-corrected chi connectivity index (χ0v) is 10.8. The Morgan fingerprint density at radius 3 is 2.94 bits per heavy atom. The summed E-state index contributed by atoms with van der Waals surface area (Å²) in [5, 5.41) is 3.41. The Labute approximate surface area is 103 Å². The van der Waals surface area contributed by atoms with Gasteiger partial charge in [0.2, 0.25) is 0 Å². The van der Waals surface area contributed by atoms with Gasteiger partial charge in [0.15, 0.2) is 0 Å². The molecule has 0 aliphatic heterocycles. The third-order valence-corrected chi connectivity index (χ3v) is 3.12. The third-order valence-electron chi connectivity index (χ3n) is 2.13. The molecule has 0 amide bonds. The van der Waals surface area contributed by atoms with Crippen molar-refractivity contribution in [3.8, 4) is 12.3 Å². The zero-order valence-electron chi connectivity index (χ0n) is 9.99. The molecular formula is C14H19NS. The summed E-state index contributed by atoms with van der Waals surface area (Å²) in [5.74, 6) is 3.66. The Hall–Kier alpha value is -0.910. The molecule has 0 spiro atoms. The van der Waals surface area contributed by atoms with Crippen LogP contribution < -0.4 is 5.32 Å². The van der Waals surface area contributed by atoms with Gasteiger partial charge in [0.05, 0.1) is 0 Å². The Balaban J connectivity index is 2.47. The van der Waals surface area contributed by atoms with Gasteiger partial charge >= 0.3 is 0 Å². The predicted molar refractivity (Wildman–Crippen MR) is 72.6 cm³/mol. The number of nitrogens with one attached hydrogen (secondary N) is 1. The molecule has 0 saturated heterocycles. The maximum atomic E-state index is 5.23. The molecule has 16 heavy (non-hydrogen) atoms. The average molecular weight is 233 g/mol. The predicted octanol–water partition coefficient (Wildman–Crippen LogP) is 3.30. The smallest absolute Gasteiger partial charge is 0.0208 e. The lowest BCUT2D eigenvalue weighted by Gasteiger charge is -2.09. The van der Waals surface area contributed by atoms with Crippen LogP contribution in [-0.4, -0.2) is 11.8 Å². The van der Waals surface area contributed by atoms with Crippen molar-refractivity contribution in [3.63, 3.8) is 0 Å². The highest BCUT2D eigenvalue weighted by atomic mass is 32.2. The molecule has 86 valence electrons. The monoisotopic (exact) mass is 233 g/mol. The molecule has 0 atom stereocenters. The summed E-state index contributed by atoms with van der Waals surface area (Å²) >= 11 is 1.82. The van der Waals surface area contributed by atoms with Crippen molar-refractivity contribution in [2.45, 2.75) is 37.8 Å². The number of hydrogen-bond donors (Lipinski definition) is 1. The summed E-state index contributed by atoms with van der Waals surface area (Å²) in [6.07, 6.45) is 6.06. The van der Waals surface area contributed by atoms with Gasteiger partial charge in [-0.05, 0) is 17.7 Å². The second-order valence-electron chi connectivity index (χ2n) is 3.99. The van der Waals surface area contributed by atoms with Crippen LogP contribution >= 0.6 is 11.8 Å². The highest BCUT2D eigenvalue weighted by Gasteiger charge is 1.98. The van der Waals surface area contributed by atoms with E-state index in [0.29, 0.717) is 6.04 Å². The number of rotatable bonds is 6. The summed E-state index contributed by atoms with van der Waals surface area (Å²) in [5.41, 5.74) is 1.33. The van der Waals surface area contributed by atoms with Gasteiger partial charge in [0.25, 0.3) is 0 Å². The highest BCUT2D eigenvalue weighted by molar-refractivity contribution is 7.99. The summed E-state index contributed by atoms with van der Waals surface area (Å²) < 4.78 is 0. The largest absolute Gasteiger partial charge is 0.310 e. The number of hydrogen-bond acceptors (Lipinski definition) is 2. The van der Waals surface area contributed by atoms with E-state index >= 15 is 0 Å². The molecule has 0 aromatic heterocycles. The normalized spacial score (nSPS) is 10.4. The Morgan fingerprint density at radius 1 is 1.44 bits per heavy atom. The van der Waals surface area contributed by atoms with E-state index in [2.05, 4.69) is 49.4 Å². The lowest BCUT2D eigenvalue weighted by Crippen LogP contribution is -2.21. The molecule has 1 N–H and O–H groups in total. The van der Waals surface area contributed by atoms with Crippen LogP contribution in [0.1, 0.15) is 25.8 Å². The average Bonchev–Trinajstić information content (AvgIpc) is 2.27. The van der Waals surface area contributed by atoms with Crippen molar-refractivity contribution in [1.82, 2.24) is 5.32 Å². The van der Waals surface area contributed by atoms with Crippen LogP contribution in [-0.2, 0) is 6.54 Å². The lowest BCUT2D eigenvalue weighted by molar-refractivity contribution is 0.588. The van der Waals surface area contributed by atoms with Crippen LogP contribution in [0, 0.1) is 12.3 Å². The molecule has 0 radical (unpaired) electrons. The van der Waals surface area contributed by atoms with Gasteiger partial charge in [-0.2, -0.15) is 0 Å². The number of thioether (sulfide) groups is 1. The zero-order chi connectivity index (χ0) is 11.8. The van der Waals surface area contributed by atoms with Crippen LogP contribution in [0.15, 0.2) is 29.2 Å². The van der Waals surface area contributed by atoms with Gasteiger partial charge in [-0.15, -0.1) is 24.1 Å². The minimum Gasteiger partial charge on any atom is -0.310 e. The molecule has 0 aliphatic rings. The van der Waals surface area contributed by atoms with Gasteiger partial charge in [-0.25, -0.2) is 0 Å². The molecule has 1 aromatic carbocycles. The minimum absolute atomic E-state index is 0.526. The summed E-state index contributed by atoms with van der Waals surface area (Å²) in [6.45, 7) is 5.25. The van der Waals surface area contributed by atoms with Crippen molar-refractivity contribution in [1.29, 1.82) is 0 Å². The molecular weight excluding hydrogens is 214 g/mol. The molecule has 1 rings (SSSR count). The Bertz CT molecular complexity index is 352. The third kappa shape index (κ3) is 5.25. The van der Waals surface area contributed by atoms with Gasteiger partial charge in [0, 0.05) is 29.7 Å². The number of benzene rings is 1. The maximum Gasteiger partial charge on any atom is 0.0208 e. The van der Waals surface area contributed by atoms with Gasteiger partial charge in [-0.3, -0.25) is 0 Å². The van der Waals surface area contributed by atoms with E-state index in [1.807, 2.05) is 11.8 Å². The van der Waals surface area contributed by atoms with E-state index in [9.17, 15) is 0 Å². The maximum absolute atomic E-state index is 5.23. The summed E-state index contributed by atoms with van der Waals surface area (Å²) in [4.78, 5) is 1.30. The molecule has 1 nitrogen and oxygen atoms in total. The fourth-order valence-corrected chi connectivity index (χ4v) is 2.16. The number of terminal acetylenes is 1. The first-order chi connectivity index (χ1) is 7.72. The first kappa shape index (κ1) is 13.2. The first-order valence-electron chi connectivity index (χ1n) is 5.61. The van der Waals surface area contributed by atoms with Crippen LogP contribution in [0.25, 0.3) is 0 Å². The SMILES string of the molecule is C#CCCSc1cccc(CNC(C)C)c1. The highest BCUT2D eigenvalue weighted by Crippen LogP contribution is 2.19. The second kappa shape index (κ2) is 7.38. The molecule has 0 aliphatic carbocycles. The van der Waals surface area contributed by atoms with Crippen molar-refractivity contribution in [2.24, 2.45) is 0 Å². The van der Waals surface area contributed by atoms with Gasteiger partial charge in [0.1, 0.15) is 0 Å². The van der Waals surface area contributed by atoms with Crippen LogP contribution in [0.4, 0.5) is 0 Å². The van der Waals surface area contributed by atoms with Crippen LogP contribution in [0.2, 0.25) is 0 Å². The standard InChI is InChI=1S/C14H19NS/c1-4-5-9-16-14-8-6-7-13(10-14)11-15-12(2)3/h1,6-8,10,12,15H,5,9,11H2,2-3H3. The van der Waals surface area contributed by atoms with E-state index in [1.165, 1.54) is 10.5 Å². The fraction of sp³-hybridized carbons (Fsp3) is 0.429. The van der Waals surface area contributed by atoms with Gasteiger partial charge < -0.3 is 5.32 Å². The lowest BCUT2D eigenvalue weighted by atomic mass is 10.2. The molecule has 0 heterocycles. The first-order valence-corrected chi connectivity index (χ1v) is 6.59. The van der Waals surface area contributed by atoms with E-state index < -0.39 is 0 Å². The summed E-state index contributed by atoms with van der Waals surface area (Å²) in [7, 11) is 0. The van der Waals surface area contributed by atoms with E-state index in [4.69, 9.17) is 6.42 Å². The van der Waals surface area contributed by atoms with Crippen molar-refractivity contribution in [3.05, 3.63) is 29.8 Å². The Morgan fingerprint density at radius 2 is 2.25 bits per heavy atom. The van der Waals surface area contributed by atoms with Crippen LogP contribution in [0.5, 0.6) is 0 Å². The molecule has 0 bridgehead atoms. The molecule has 1 aromatic rings. The van der Waals surface area contributed by atoms with Gasteiger partial charge in [-0.1, -0.05) is 26.0 Å².